The van der Waals surface area contributed by atoms with E-state index in [1.165, 1.54) is 0 Å². The van der Waals surface area contributed by atoms with Crippen LogP contribution in [0.2, 0.25) is 0 Å². The van der Waals surface area contributed by atoms with E-state index in [0.29, 0.717) is 26.3 Å². The molecule has 6 heteroatoms. The molecule has 2 unspecified atom stereocenters. The molecule has 0 bridgehead atoms. The van der Waals surface area contributed by atoms with Crippen molar-refractivity contribution in [2.75, 3.05) is 33.4 Å². The van der Waals surface area contributed by atoms with Crippen molar-refractivity contribution in [2.24, 2.45) is 0 Å². The molecule has 0 aromatic rings. The van der Waals surface area contributed by atoms with Gasteiger partial charge in [0.1, 0.15) is 0 Å². The topological polar surface area (TPSA) is 58.6 Å². The first kappa shape index (κ1) is 13.9. The molecule has 0 aliphatic carbocycles. The van der Waals surface area contributed by atoms with Crippen LogP contribution in [0.1, 0.15) is 20.3 Å². The van der Waals surface area contributed by atoms with Gasteiger partial charge in [0.15, 0.2) is 0 Å². The van der Waals surface area contributed by atoms with Gasteiger partial charge in [0.25, 0.3) is 0 Å². The second-order valence-corrected chi connectivity index (χ2v) is 6.46. The Labute approximate surface area is 98.2 Å². The molecular weight excluding hydrogens is 228 g/mol. The zero-order chi connectivity index (χ0) is 12.2. The Balaban J connectivity index is 2.79. The van der Waals surface area contributed by atoms with Crippen LogP contribution in [-0.2, 0) is 14.8 Å². The van der Waals surface area contributed by atoms with Crippen molar-refractivity contribution < 1.29 is 13.2 Å². The van der Waals surface area contributed by atoms with E-state index < -0.39 is 10.0 Å². The van der Waals surface area contributed by atoms with Gasteiger partial charge in [-0.3, -0.25) is 0 Å². The minimum atomic E-state index is -3.19. The molecule has 2 atom stereocenters. The van der Waals surface area contributed by atoms with E-state index in [-0.39, 0.29) is 11.3 Å². The lowest BCUT2D eigenvalue weighted by molar-refractivity contribution is 0.0310. The lowest BCUT2D eigenvalue weighted by Gasteiger charge is -2.35. The minimum absolute atomic E-state index is 0.00180. The van der Waals surface area contributed by atoms with Gasteiger partial charge in [-0.15, -0.1) is 0 Å². The van der Waals surface area contributed by atoms with Crippen LogP contribution in [-0.4, -0.2) is 57.4 Å². The lowest BCUT2D eigenvalue weighted by Crippen LogP contribution is -2.52. The Morgan fingerprint density at radius 3 is 2.81 bits per heavy atom. The van der Waals surface area contributed by atoms with E-state index in [2.05, 4.69) is 5.32 Å². The Hall–Kier alpha value is -0.170. The number of hydrogen-bond acceptors (Lipinski definition) is 4. The highest BCUT2D eigenvalue weighted by molar-refractivity contribution is 7.89. The van der Waals surface area contributed by atoms with E-state index >= 15 is 0 Å². The predicted molar refractivity (Wildman–Crippen MR) is 63.9 cm³/mol. The molecule has 0 aromatic carbocycles. The predicted octanol–water partition coefficient (Wildman–Crippen LogP) is 0.0349. The van der Waals surface area contributed by atoms with Gasteiger partial charge >= 0.3 is 0 Å². The lowest BCUT2D eigenvalue weighted by atomic mass is 10.2. The van der Waals surface area contributed by atoms with Crippen LogP contribution < -0.4 is 5.32 Å². The van der Waals surface area contributed by atoms with E-state index in [1.54, 1.807) is 18.3 Å². The highest BCUT2D eigenvalue weighted by Gasteiger charge is 2.35. The molecule has 5 nitrogen and oxygen atoms in total. The molecule has 1 heterocycles. The quantitative estimate of drug-likeness (QED) is 0.748. The van der Waals surface area contributed by atoms with Crippen LogP contribution in [0.15, 0.2) is 0 Å². The second kappa shape index (κ2) is 5.95. The van der Waals surface area contributed by atoms with Crippen molar-refractivity contribution in [3.05, 3.63) is 0 Å². The third-order valence-corrected chi connectivity index (χ3v) is 5.29. The zero-order valence-corrected chi connectivity index (χ0v) is 11.1. The molecule has 96 valence electrons. The van der Waals surface area contributed by atoms with Crippen LogP contribution >= 0.6 is 0 Å². The molecule has 0 spiro atoms. The number of rotatable bonds is 5. The van der Waals surface area contributed by atoms with Gasteiger partial charge in [-0.2, -0.15) is 4.31 Å². The number of ether oxygens (including phenoxy) is 1. The van der Waals surface area contributed by atoms with Crippen molar-refractivity contribution >= 4 is 10.0 Å². The van der Waals surface area contributed by atoms with Crippen LogP contribution in [0.4, 0.5) is 0 Å². The van der Waals surface area contributed by atoms with Crippen molar-refractivity contribution in [1.29, 1.82) is 0 Å². The first-order valence-corrected chi connectivity index (χ1v) is 7.27. The number of nitrogens with zero attached hydrogens (tertiary/aromatic N) is 1. The summed E-state index contributed by atoms with van der Waals surface area (Å²) in [5.74, 6) is 0. The summed E-state index contributed by atoms with van der Waals surface area (Å²) in [6.45, 7) is 5.72. The molecular formula is C10H22N2O3S. The average Bonchev–Trinajstić information content (AvgIpc) is 2.29. The molecule has 1 saturated heterocycles. The summed E-state index contributed by atoms with van der Waals surface area (Å²) < 4.78 is 31.5. The fourth-order valence-corrected chi connectivity index (χ4v) is 3.71. The third-order valence-electron chi connectivity index (χ3n) is 2.97. The molecule has 16 heavy (non-hydrogen) atoms. The van der Waals surface area contributed by atoms with E-state index in [1.807, 2.05) is 6.92 Å². The van der Waals surface area contributed by atoms with Gasteiger partial charge in [0.2, 0.25) is 10.0 Å². The van der Waals surface area contributed by atoms with Gasteiger partial charge in [0, 0.05) is 19.1 Å². The summed E-state index contributed by atoms with van der Waals surface area (Å²) in [5.41, 5.74) is 0. The molecule has 1 rings (SSSR count). The van der Waals surface area contributed by atoms with Gasteiger partial charge in [-0.25, -0.2) is 8.42 Å². The Bertz CT molecular complexity index is 305. The third kappa shape index (κ3) is 2.94. The standard InChI is InChI=1S/C10H22N2O3S/c1-4-10-8-15-6-5-12(10)16(13,14)9(2)7-11-3/h9-11H,4-8H2,1-3H3. The smallest absolute Gasteiger partial charge is 0.218 e. The molecule has 0 amide bonds. The maximum absolute atomic E-state index is 12.3. The summed E-state index contributed by atoms with van der Waals surface area (Å²) in [6.07, 6.45) is 0.797. The molecule has 1 fully saturated rings. The Kier molecular flexibility index (Phi) is 5.17. The fourth-order valence-electron chi connectivity index (χ4n) is 1.92. The van der Waals surface area contributed by atoms with Gasteiger partial charge in [-0.1, -0.05) is 6.92 Å². The zero-order valence-electron chi connectivity index (χ0n) is 10.3. The summed E-state index contributed by atoms with van der Waals surface area (Å²) in [6, 6.07) is -0.00180. The number of hydrogen-bond donors (Lipinski definition) is 1. The highest BCUT2D eigenvalue weighted by Crippen LogP contribution is 2.18. The highest BCUT2D eigenvalue weighted by atomic mass is 32.2. The minimum Gasteiger partial charge on any atom is -0.378 e. The van der Waals surface area contributed by atoms with E-state index in [9.17, 15) is 8.42 Å². The second-order valence-electron chi connectivity index (χ2n) is 4.16. The Morgan fingerprint density at radius 2 is 2.25 bits per heavy atom. The normalized spacial score (nSPS) is 25.6. The van der Waals surface area contributed by atoms with Crippen molar-refractivity contribution in [1.82, 2.24) is 9.62 Å². The fraction of sp³-hybridized carbons (Fsp3) is 1.00. The molecule has 0 radical (unpaired) electrons. The van der Waals surface area contributed by atoms with Crippen LogP contribution in [0.3, 0.4) is 0 Å². The van der Waals surface area contributed by atoms with Crippen LogP contribution in [0, 0.1) is 0 Å². The summed E-state index contributed by atoms with van der Waals surface area (Å²) in [7, 11) is -1.43. The van der Waals surface area contributed by atoms with E-state index in [4.69, 9.17) is 4.74 Å². The first-order chi connectivity index (χ1) is 7.54. The monoisotopic (exact) mass is 250 g/mol. The molecule has 1 aliphatic heterocycles. The van der Waals surface area contributed by atoms with Gasteiger partial charge < -0.3 is 10.1 Å². The SMILES string of the molecule is CCC1COCCN1S(=O)(=O)C(C)CNC. The number of nitrogens with one attached hydrogen (secondary N) is 1. The Morgan fingerprint density at radius 1 is 1.56 bits per heavy atom. The van der Waals surface area contributed by atoms with Gasteiger partial charge in [0.05, 0.1) is 18.5 Å². The molecule has 1 aliphatic rings. The number of sulfonamides is 1. The van der Waals surface area contributed by atoms with Crippen LogP contribution in [0.25, 0.3) is 0 Å². The maximum atomic E-state index is 12.3. The summed E-state index contributed by atoms with van der Waals surface area (Å²) >= 11 is 0. The largest absolute Gasteiger partial charge is 0.378 e. The summed E-state index contributed by atoms with van der Waals surface area (Å²) in [5, 5.41) is 2.52. The first-order valence-electron chi connectivity index (χ1n) is 5.77. The van der Waals surface area contributed by atoms with Crippen molar-refractivity contribution in [2.45, 2.75) is 31.6 Å². The molecule has 1 N–H and O–H groups in total. The van der Waals surface area contributed by atoms with E-state index in [0.717, 1.165) is 6.42 Å². The molecule has 0 aromatic heterocycles. The summed E-state index contributed by atoms with van der Waals surface area (Å²) in [4.78, 5) is 0. The van der Waals surface area contributed by atoms with Gasteiger partial charge in [-0.05, 0) is 20.4 Å². The average molecular weight is 250 g/mol. The number of morpholine rings is 1. The molecule has 0 saturated carbocycles. The maximum Gasteiger partial charge on any atom is 0.218 e. The van der Waals surface area contributed by atoms with Crippen LogP contribution in [0.5, 0.6) is 0 Å². The van der Waals surface area contributed by atoms with Crippen molar-refractivity contribution in [3.63, 3.8) is 0 Å². The van der Waals surface area contributed by atoms with Crippen molar-refractivity contribution in [3.8, 4) is 0 Å².